The zero-order valence-corrected chi connectivity index (χ0v) is 13.4. The van der Waals surface area contributed by atoms with Crippen LogP contribution in [0.5, 0.6) is 0 Å². The number of aliphatic hydroxyl groups is 4. The first-order valence-electron chi connectivity index (χ1n) is 7.45. The number of aromatic nitrogens is 3. The van der Waals surface area contributed by atoms with Crippen molar-refractivity contribution >= 4 is 11.6 Å². The smallest absolute Gasteiger partial charge is 0.132 e. The lowest BCUT2D eigenvalue weighted by atomic mass is 9.94. The third-order valence-corrected chi connectivity index (χ3v) is 4.40. The first kappa shape index (κ1) is 17.3. The van der Waals surface area contributed by atoms with Crippen LogP contribution in [0, 0.1) is 0 Å². The zero-order chi connectivity index (χ0) is 17.3. The van der Waals surface area contributed by atoms with Gasteiger partial charge in [-0.2, -0.15) is 0 Å². The topological polar surface area (TPSA) is 121 Å². The molecule has 0 saturated carbocycles. The van der Waals surface area contributed by atoms with Crippen molar-refractivity contribution in [3.05, 3.63) is 46.7 Å². The summed E-state index contributed by atoms with van der Waals surface area (Å²) in [5.74, 6) is 0. The van der Waals surface area contributed by atoms with Gasteiger partial charge in [0.25, 0.3) is 0 Å². The summed E-state index contributed by atoms with van der Waals surface area (Å²) < 4.78 is 6.98. The summed E-state index contributed by atoms with van der Waals surface area (Å²) >= 11 is 6.11. The lowest BCUT2D eigenvalue weighted by molar-refractivity contribution is -0.232. The van der Waals surface area contributed by atoms with Crippen LogP contribution in [-0.4, -0.2) is 66.4 Å². The second-order valence-corrected chi connectivity index (χ2v) is 6.09. The normalized spacial score (nSPS) is 30.5. The van der Waals surface area contributed by atoms with E-state index in [0.29, 0.717) is 17.3 Å². The van der Waals surface area contributed by atoms with E-state index < -0.39 is 37.1 Å². The molecule has 1 aliphatic rings. The minimum Gasteiger partial charge on any atom is -0.394 e. The van der Waals surface area contributed by atoms with Crippen molar-refractivity contribution in [2.45, 2.75) is 37.1 Å². The van der Waals surface area contributed by atoms with Gasteiger partial charge in [0.2, 0.25) is 0 Å². The van der Waals surface area contributed by atoms with Crippen molar-refractivity contribution in [3.63, 3.8) is 0 Å². The molecule has 3 rings (SSSR count). The Labute approximate surface area is 142 Å². The molecule has 9 heteroatoms. The molecule has 0 bridgehead atoms. The summed E-state index contributed by atoms with van der Waals surface area (Å²) in [4.78, 5) is 0. The van der Waals surface area contributed by atoms with Crippen LogP contribution in [0.3, 0.4) is 0 Å². The maximum Gasteiger partial charge on any atom is 0.132 e. The number of rotatable bonds is 4. The van der Waals surface area contributed by atoms with E-state index in [1.807, 2.05) is 18.2 Å². The number of benzene rings is 1. The first-order chi connectivity index (χ1) is 11.5. The predicted molar refractivity (Wildman–Crippen MR) is 83.3 cm³/mol. The molecule has 1 fully saturated rings. The van der Waals surface area contributed by atoms with Gasteiger partial charge in [-0.05, 0) is 11.6 Å². The number of aliphatic hydroxyl groups excluding tert-OH is 4. The summed E-state index contributed by atoms with van der Waals surface area (Å²) in [5, 5.41) is 47.5. The van der Waals surface area contributed by atoms with E-state index in [-0.39, 0.29) is 0 Å². The third kappa shape index (κ3) is 3.30. The summed E-state index contributed by atoms with van der Waals surface area (Å²) in [5.41, 5.74) is 1.14. The van der Waals surface area contributed by atoms with Gasteiger partial charge in [-0.15, -0.1) is 5.10 Å². The molecule has 0 radical (unpaired) electrons. The highest BCUT2D eigenvalue weighted by molar-refractivity contribution is 6.31. The lowest BCUT2D eigenvalue weighted by Crippen LogP contribution is -2.55. The minimum atomic E-state index is -1.45. The highest BCUT2D eigenvalue weighted by atomic mass is 35.5. The number of nitrogens with zero attached hydrogens (tertiary/aromatic N) is 3. The fraction of sp³-hybridized carbons (Fsp3) is 0.467. The second kappa shape index (κ2) is 7.14. The van der Waals surface area contributed by atoms with Crippen LogP contribution in [-0.2, 0) is 11.3 Å². The van der Waals surface area contributed by atoms with E-state index in [9.17, 15) is 20.4 Å². The van der Waals surface area contributed by atoms with Crippen molar-refractivity contribution in [2.75, 3.05) is 6.61 Å². The number of halogens is 1. The molecule has 1 aromatic carbocycles. The van der Waals surface area contributed by atoms with Gasteiger partial charge in [0, 0.05) is 5.02 Å². The summed E-state index contributed by atoms with van der Waals surface area (Å²) in [6.07, 6.45) is -4.65. The monoisotopic (exact) mass is 355 g/mol. The molecule has 1 aromatic heterocycles. The summed E-state index contributed by atoms with van der Waals surface area (Å²) in [6.45, 7) is -0.112. The van der Waals surface area contributed by atoms with Gasteiger partial charge >= 0.3 is 0 Å². The molecule has 0 spiro atoms. The molecule has 2 aromatic rings. The second-order valence-electron chi connectivity index (χ2n) is 5.68. The SMILES string of the molecule is OC[C@H]1O[C@@H](c2cn(Cc3ccccc3Cl)nn2)[C@H](O)[C@@H](O)[C@@H]1O. The van der Waals surface area contributed by atoms with E-state index in [4.69, 9.17) is 16.3 Å². The van der Waals surface area contributed by atoms with Crippen molar-refractivity contribution in [1.82, 2.24) is 15.0 Å². The van der Waals surface area contributed by atoms with Gasteiger partial charge in [0.05, 0.1) is 19.3 Å². The van der Waals surface area contributed by atoms with Crippen molar-refractivity contribution in [3.8, 4) is 0 Å². The Balaban J connectivity index is 1.78. The fourth-order valence-corrected chi connectivity index (χ4v) is 2.86. The Morgan fingerprint density at radius 3 is 2.58 bits per heavy atom. The number of hydrogen-bond acceptors (Lipinski definition) is 7. The van der Waals surface area contributed by atoms with Crippen molar-refractivity contribution in [1.29, 1.82) is 0 Å². The fourth-order valence-electron chi connectivity index (χ4n) is 2.67. The van der Waals surface area contributed by atoms with E-state index in [0.717, 1.165) is 5.56 Å². The van der Waals surface area contributed by atoms with Gasteiger partial charge in [0.15, 0.2) is 0 Å². The van der Waals surface area contributed by atoms with E-state index >= 15 is 0 Å². The molecule has 0 amide bonds. The van der Waals surface area contributed by atoms with Crippen LogP contribution in [0.1, 0.15) is 17.4 Å². The van der Waals surface area contributed by atoms with Gasteiger partial charge in [-0.3, -0.25) is 0 Å². The average molecular weight is 356 g/mol. The van der Waals surface area contributed by atoms with Crippen LogP contribution < -0.4 is 0 Å². The molecule has 24 heavy (non-hydrogen) atoms. The Hall–Kier alpha value is -1.55. The molecule has 8 nitrogen and oxygen atoms in total. The molecule has 1 aliphatic heterocycles. The van der Waals surface area contributed by atoms with Crippen LogP contribution in [0.25, 0.3) is 0 Å². The molecule has 5 atom stereocenters. The van der Waals surface area contributed by atoms with Crippen LogP contribution in [0.2, 0.25) is 5.02 Å². The Bertz CT molecular complexity index is 695. The predicted octanol–water partition coefficient (Wildman–Crippen LogP) is -0.505. The average Bonchev–Trinajstić information content (AvgIpc) is 3.03. The van der Waals surface area contributed by atoms with E-state index in [2.05, 4.69) is 10.3 Å². The maximum absolute atomic E-state index is 10.1. The largest absolute Gasteiger partial charge is 0.394 e. The summed E-state index contributed by atoms with van der Waals surface area (Å²) in [7, 11) is 0. The Morgan fingerprint density at radius 1 is 1.12 bits per heavy atom. The highest BCUT2D eigenvalue weighted by Crippen LogP contribution is 2.31. The number of hydrogen-bond donors (Lipinski definition) is 4. The van der Waals surface area contributed by atoms with E-state index in [1.165, 1.54) is 4.68 Å². The van der Waals surface area contributed by atoms with Crippen LogP contribution in [0.4, 0.5) is 0 Å². The molecule has 2 heterocycles. The molecular formula is C15H18ClN3O5. The maximum atomic E-state index is 10.1. The molecule has 0 aliphatic carbocycles. The van der Waals surface area contributed by atoms with Gasteiger partial charge < -0.3 is 25.2 Å². The summed E-state index contributed by atoms with van der Waals surface area (Å²) in [6, 6.07) is 7.31. The minimum absolute atomic E-state index is 0.291. The molecule has 130 valence electrons. The number of ether oxygens (including phenoxy) is 1. The van der Waals surface area contributed by atoms with Crippen LogP contribution >= 0.6 is 11.6 Å². The highest BCUT2D eigenvalue weighted by Gasteiger charge is 2.45. The molecular weight excluding hydrogens is 338 g/mol. The zero-order valence-electron chi connectivity index (χ0n) is 12.6. The van der Waals surface area contributed by atoms with Crippen LogP contribution in [0.15, 0.2) is 30.5 Å². The first-order valence-corrected chi connectivity index (χ1v) is 7.83. The Morgan fingerprint density at radius 2 is 1.88 bits per heavy atom. The van der Waals surface area contributed by atoms with Crippen molar-refractivity contribution < 1.29 is 25.2 Å². The quantitative estimate of drug-likeness (QED) is 0.583. The van der Waals surface area contributed by atoms with E-state index in [1.54, 1.807) is 12.3 Å². The third-order valence-electron chi connectivity index (χ3n) is 4.03. The molecule has 4 N–H and O–H groups in total. The van der Waals surface area contributed by atoms with Gasteiger partial charge in [-0.25, -0.2) is 4.68 Å². The van der Waals surface area contributed by atoms with Crippen molar-refractivity contribution in [2.24, 2.45) is 0 Å². The molecule has 1 saturated heterocycles. The van der Waals surface area contributed by atoms with Gasteiger partial charge in [0.1, 0.15) is 36.2 Å². The Kier molecular flexibility index (Phi) is 5.14. The molecule has 0 unspecified atom stereocenters. The van der Waals surface area contributed by atoms with Gasteiger partial charge in [-0.1, -0.05) is 35.0 Å². The standard InChI is InChI=1S/C15H18ClN3O5/c16-9-4-2-1-3-8(9)5-19-6-10(17-18-19)15-14(23)13(22)12(21)11(7-20)24-15/h1-4,6,11-15,20-23H,5,7H2/t11-,12-,13+,14-,15+/m1/s1. The lowest BCUT2D eigenvalue weighted by Gasteiger charge is -2.39.